The summed E-state index contributed by atoms with van der Waals surface area (Å²) in [6.45, 7) is 3.05. The second-order valence-corrected chi connectivity index (χ2v) is 7.03. The summed E-state index contributed by atoms with van der Waals surface area (Å²) in [7, 11) is 3.09. The normalized spacial score (nSPS) is 16.1. The lowest BCUT2D eigenvalue weighted by atomic mass is 10.0. The third-order valence-electron chi connectivity index (χ3n) is 3.86. The highest BCUT2D eigenvalue weighted by Crippen LogP contribution is 2.38. The first kappa shape index (κ1) is 17.8. The summed E-state index contributed by atoms with van der Waals surface area (Å²) in [5.41, 5.74) is -0.522. The van der Waals surface area contributed by atoms with Crippen LogP contribution < -0.4 is 4.90 Å². The molecule has 0 amide bonds. The average molecular weight is 374 g/mol. The average Bonchev–Trinajstić information content (AvgIpc) is 3.00. The fourth-order valence-corrected chi connectivity index (χ4v) is 4.11. The van der Waals surface area contributed by atoms with Crippen molar-refractivity contribution in [2.75, 3.05) is 58.6 Å². The highest BCUT2D eigenvalue weighted by atomic mass is 35.5. The SMILES string of the molecule is COCC(O)(COC)c1cc2nc(Cl)nc(N3CCOCC3)c2s1. The number of aromatic nitrogens is 2. The minimum absolute atomic E-state index is 0.127. The zero-order valence-electron chi connectivity index (χ0n) is 13.6. The van der Waals surface area contributed by atoms with Crippen LogP contribution in [-0.4, -0.2) is 68.8 Å². The van der Waals surface area contributed by atoms with Gasteiger partial charge in [-0.1, -0.05) is 0 Å². The summed E-state index contributed by atoms with van der Waals surface area (Å²) in [4.78, 5) is 11.5. The Bertz CT molecular complexity index is 699. The van der Waals surface area contributed by atoms with Gasteiger partial charge < -0.3 is 24.2 Å². The number of hydrogen-bond donors (Lipinski definition) is 1. The number of aliphatic hydroxyl groups is 1. The largest absolute Gasteiger partial charge is 0.381 e. The number of ether oxygens (including phenoxy) is 3. The first-order chi connectivity index (χ1) is 11.6. The summed E-state index contributed by atoms with van der Waals surface area (Å²) < 4.78 is 16.6. The molecule has 2 aromatic heterocycles. The van der Waals surface area contributed by atoms with Gasteiger partial charge in [0.25, 0.3) is 0 Å². The molecule has 0 saturated carbocycles. The molecule has 2 aromatic rings. The monoisotopic (exact) mass is 373 g/mol. The van der Waals surface area contributed by atoms with Crippen LogP contribution in [0.25, 0.3) is 10.2 Å². The van der Waals surface area contributed by atoms with Gasteiger partial charge in [-0.25, -0.2) is 4.98 Å². The van der Waals surface area contributed by atoms with Crippen molar-refractivity contribution in [2.24, 2.45) is 0 Å². The second-order valence-electron chi connectivity index (χ2n) is 5.64. The van der Waals surface area contributed by atoms with Crippen LogP contribution in [0.2, 0.25) is 5.28 Å². The lowest BCUT2D eigenvalue weighted by Crippen LogP contribution is -2.36. The van der Waals surface area contributed by atoms with Crippen LogP contribution in [0.4, 0.5) is 5.82 Å². The topological polar surface area (TPSA) is 76.9 Å². The maximum absolute atomic E-state index is 10.9. The van der Waals surface area contributed by atoms with Crippen molar-refractivity contribution in [2.45, 2.75) is 5.60 Å². The summed E-state index contributed by atoms with van der Waals surface area (Å²) in [5.74, 6) is 0.779. The van der Waals surface area contributed by atoms with Crippen molar-refractivity contribution >= 4 is 39.0 Å². The molecule has 0 aliphatic carbocycles. The Labute approximate surface area is 149 Å². The molecular formula is C15H20ClN3O4S. The van der Waals surface area contributed by atoms with Gasteiger partial charge in [0, 0.05) is 32.2 Å². The quantitative estimate of drug-likeness (QED) is 0.771. The van der Waals surface area contributed by atoms with Gasteiger partial charge in [0.15, 0.2) is 5.82 Å². The van der Waals surface area contributed by atoms with Crippen molar-refractivity contribution in [1.29, 1.82) is 0 Å². The van der Waals surface area contributed by atoms with Crippen molar-refractivity contribution in [1.82, 2.24) is 9.97 Å². The zero-order chi connectivity index (χ0) is 17.2. The standard InChI is InChI=1S/C15H20ClN3O4S/c1-21-8-15(20,9-22-2)11-7-10-12(24-11)13(18-14(16)17-10)19-3-5-23-6-4-19/h7,20H,3-6,8-9H2,1-2H3. The van der Waals surface area contributed by atoms with Gasteiger partial charge in [-0.3, -0.25) is 0 Å². The van der Waals surface area contributed by atoms with E-state index in [1.54, 1.807) is 14.2 Å². The van der Waals surface area contributed by atoms with Gasteiger partial charge >= 0.3 is 0 Å². The predicted molar refractivity (Wildman–Crippen MR) is 93.1 cm³/mol. The maximum Gasteiger partial charge on any atom is 0.224 e. The number of nitrogens with zero attached hydrogens (tertiary/aromatic N) is 3. The molecule has 1 saturated heterocycles. The van der Waals surface area contributed by atoms with E-state index >= 15 is 0 Å². The van der Waals surface area contributed by atoms with E-state index in [1.807, 2.05) is 6.07 Å². The highest BCUT2D eigenvalue weighted by Gasteiger charge is 2.33. The minimum Gasteiger partial charge on any atom is -0.381 e. The van der Waals surface area contributed by atoms with E-state index < -0.39 is 5.60 Å². The molecule has 24 heavy (non-hydrogen) atoms. The number of anilines is 1. The Morgan fingerprint density at radius 2 is 1.96 bits per heavy atom. The third-order valence-corrected chi connectivity index (χ3v) is 5.34. The Morgan fingerprint density at radius 1 is 1.29 bits per heavy atom. The predicted octanol–water partition coefficient (Wildman–Crippen LogP) is 1.66. The van der Waals surface area contributed by atoms with E-state index in [-0.39, 0.29) is 18.5 Å². The van der Waals surface area contributed by atoms with Gasteiger partial charge in [-0.05, 0) is 17.7 Å². The number of halogens is 1. The number of hydrogen-bond acceptors (Lipinski definition) is 8. The molecule has 9 heteroatoms. The molecule has 132 valence electrons. The molecular weight excluding hydrogens is 354 g/mol. The van der Waals surface area contributed by atoms with E-state index in [0.29, 0.717) is 23.6 Å². The molecule has 1 aliphatic rings. The van der Waals surface area contributed by atoms with Gasteiger partial charge in [0.1, 0.15) is 5.60 Å². The van der Waals surface area contributed by atoms with Crippen molar-refractivity contribution in [3.8, 4) is 0 Å². The molecule has 1 fully saturated rings. The number of fused-ring (bicyclic) bond motifs is 1. The smallest absolute Gasteiger partial charge is 0.224 e. The Hall–Kier alpha value is -1.03. The van der Waals surface area contributed by atoms with Crippen molar-refractivity contribution in [3.05, 3.63) is 16.2 Å². The molecule has 0 atom stereocenters. The van der Waals surface area contributed by atoms with Gasteiger partial charge in [0.2, 0.25) is 5.28 Å². The van der Waals surface area contributed by atoms with Crippen LogP contribution in [0.5, 0.6) is 0 Å². The third kappa shape index (κ3) is 3.49. The van der Waals surface area contributed by atoms with Crippen molar-refractivity contribution in [3.63, 3.8) is 0 Å². The van der Waals surface area contributed by atoms with Crippen LogP contribution in [-0.2, 0) is 19.8 Å². The van der Waals surface area contributed by atoms with Crippen LogP contribution in [0.1, 0.15) is 4.88 Å². The Kier molecular flexibility index (Phi) is 5.53. The lowest BCUT2D eigenvalue weighted by Gasteiger charge is -2.28. The second kappa shape index (κ2) is 7.47. The van der Waals surface area contributed by atoms with E-state index in [1.165, 1.54) is 11.3 Å². The van der Waals surface area contributed by atoms with E-state index in [9.17, 15) is 5.11 Å². The summed E-state index contributed by atoms with van der Waals surface area (Å²) in [6.07, 6.45) is 0. The fourth-order valence-electron chi connectivity index (χ4n) is 2.77. The molecule has 1 aliphatic heterocycles. The summed E-state index contributed by atoms with van der Waals surface area (Å²) in [6, 6.07) is 1.83. The van der Waals surface area contributed by atoms with Gasteiger partial charge in [-0.2, -0.15) is 4.98 Å². The molecule has 3 rings (SSSR count). The fraction of sp³-hybridized carbons (Fsp3) is 0.600. The van der Waals surface area contributed by atoms with E-state index in [0.717, 1.165) is 23.6 Å². The van der Waals surface area contributed by atoms with Crippen LogP contribution in [0.15, 0.2) is 6.07 Å². The zero-order valence-corrected chi connectivity index (χ0v) is 15.2. The van der Waals surface area contributed by atoms with Crippen LogP contribution in [0, 0.1) is 0 Å². The number of methoxy groups -OCH3 is 2. The maximum atomic E-state index is 10.9. The number of thiophene rings is 1. The Morgan fingerprint density at radius 3 is 2.58 bits per heavy atom. The molecule has 0 aromatic carbocycles. The first-order valence-electron chi connectivity index (χ1n) is 7.58. The molecule has 0 bridgehead atoms. The Balaban J connectivity index is 2.06. The highest BCUT2D eigenvalue weighted by molar-refractivity contribution is 7.19. The van der Waals surface area contributed by atoms with E-state index in [2.05, 4.69) is 14.9 Å². The molecule has 0 spiro atoms. The number of morpholine rings is 1. The van der Waals surface area contributed by atoms with Gasteiger partial charge in [0.05, 0.1) is 36.6 Å². The van der Waals surface area contributed by atoms with Crippen LogP contribution in [0.3, 0.4) is 0 Å². The molecule has 3 heterocycles. The molecule has 0 radical (unpaired) electrons. The first-order valence-corrected chi connectivity index (χ1v) is 8.77. The number of rotatable bonds is 6. The lowest BCUT2D eigenvalue weighted by molar-refractivity contribution is -0.0799. The molecule has 0 unspecified atom stereocenters. The van der Waals surface area contributed by atoms with E-state index in [4.69, 9.17) is 25.8 Å². The molecule has 1 N–H and O–H groups in total. The van der Waals surface area contributed by atoms with Gasteiger partial charge in [-0.15, -0.1) is 11.3 Å². The minimum atomic E-state index is -1.23. The summed E-state index contributed by atoms with van der Waals surface area (Å²) in [5, 5.41) is 11.1. The summed E-state index contributed by atoms with van der Waals surface area (Å²) >= 11 is 7.54. The van der Waals surface area contributed by atoms with Crippen molar-refractivity contribution < 1.29 is 19.3 Å². The van der Waals surface area contributed by atoms with Crippen LogP contribution >= 0.6 is 22.9 Å². The molecule has 7 nitrogen and oxygen atoms in total.